The Morgan fingerprint density at radius 3 is 2.94 bits per heavy atom. The van der Waals surface area contributed by atoms with E-state index >= 15 is 0 Å². The molecule has 2 aliphatic rings. The van der Waals surface area contributed by atoms with Crippen LogP contribution in [-0.2, 0) is 9.53 Å². The fourth-order valence-corrected chi connectivity index (χ4v) is 2.81. The van der Waals surface area contributed by atoms with Gasteiger partial charge in [0, 0.05) is 13.2 Å². The third-order valence-electron chi connectivity index (χ3n) is 3.86. The lowest BCUT2D eigenvalue weighted by atomic mass is 9.89. The van der Waals surface area contributed by atoms with Gasteiger partial charge in [-0.1, -0.05) is 0 Å². The molecular formula is C12H22N2O2. The second-order valence-electron chi connectivity index (χ2n) is 5.13. The normalized spacial score (nSPS) is 36.5. The van der Waals surface area contributed by atoms with Crippen LogP contribution < -0.4 is 5.32 Å². The van der Waals surface area contributed by atoms with Gasteiger partial charge in [0.05, 0.1) is 18.2 Å². The number of carbonyl (C=O) groups excluding carboxylic acids is 1. The summed E-state index contributed by atoms with van der Waals surface area (Å²) >= 11 is 0. The Hall–Kier alpha value is -0.610. The Kier molecular flexibility index (Phi) is 3.50. The lowest BCUT2D eigenvalue weighted by Crippen LogP contribution is -2.61. The summed E-state index contributed by atoms with van der Waals surface area (Å²) in [7, 11) is 1.87. The van der Waals surface area contributed by atoms with Crippen LogP contribution in [0.5, 0.6) is 0 Å². The van der Waals surface area contributed by atoms with Crippen molar-refractivity contribution in [2.24, 2.45) is 0 Å². The van der Waals surface area contributed by atoms with Crippen molar-refractivity contribution in [2.45, 2.75) is 44.2 Å². The van der Waals surface area contributed by atoms with E-state index in [9.17, 15) is 4.79 Å². The molecule has 2 fully saturated rings. The van der Waals surface area contributed by atoms with Gasteiger partial charge in [0.25, 0.3) is 0 Å². The molecule has 0 aliphatic carbocycles. The molecule has 2 atom stereocenters. The van der Waals surface area contributed by atoms with Gasteiger partial charge in [0.15, 0.2) is 0 Å². The summed E-state index contributed by atoms with van der Waals surface area (Å²) in [5, 5.41) is 3.11. The summed E-state index contributed by atoms with van der Waals surface area (Å²) in [6.07, 6.45) is 4.18. The van der Waals surface area contributed by atoms with Crippen LogP contribution in [0.25, 0.3) is 0 Å². The van der Waals surface area contributed by atoms with Crippen molar-refractivity contribution >= 4 is 5.91 Å². The second-order valence-corrected chi connectivity index (χ2v) is 5.13. The number of rotatable bonds is 2. The summed E-state index contributed by atoms with van der Waals surface area (Å²) in [4.78, 5) is 14.3. The van der Waals surface area contributed by atoms with E-state index < -0.39 is 0 Å². The van der Waals surface area contributed by atoms with Crippen molar-refractivity contribution in [3.8, 4) is 0 Å². The lowest BCUT2D eigenvalue weighted by molar-refractivity contribution is -0.148. The molecule has 2 aliphatic heterocycles. The maximum atomic E-state index is 12.3. The van der Waals surface area contributed by atoms with E-state index in [0.29, 0.717) is 6.61 Å². The minimum atomic E-state index is -0.0785. The van der Waals surface area contributed by atoms with Crippen molar-refractivity contribution in [1.82, 2.24) is 10.2 Å². The van der Waals surface area contributed by atoms with Gasteiger partial charge in [-0.3, -0.25) is 4.79 Å². The molecule has 2 heterocycles. The summed E-state index contributed by atoms with van der Waals surface area (Å²) in [6.45, 7) is 4.57. The number of piperidine rings is 1. The van der Waals surface area contributed by atoms with Crippen LogP contribution in [0, 0.1) is 0 Å². The standard InChI is InChI=1S/C12H22N2O2/c1-12(6-4-8-16-9-12)14-7-3-5-10(13-2)11(14)15/h10,13H,3-9H2,1-2H3. The number of ether oxygens (including phenoxy) is 1. The van der Waals surface area contributed by atoms with Crippen molar-refractivity contribution in [3.05, 3.63) is 0 Å². The van der Waals surface area contributed by atoms with E-state index in [1.165, 1.54) is 0 Å². The molecule has 0 saturated carbocycles. The maximum Gasteiger partial charge on any atom is 0.240 e. The third-order valence-corrected chi connectivity index (χ3v) is 3.86. The Morgan fingerprint density at radius 2 is 2.31 bits per heavy atom. The number of nitrogens with one attached hydrogen (secondary N) is 1. The Bertz CT molecular complexity index is 262. The number of hydrogen-bond acceptors (Lipinski definition) is 3. The molecule has 2 saturated heterocycles. The minimum absolute atomic E-state index is 0.00695. The lowest BCUT2D eigenvalue weighted by Gasteiger charge is -2.47. The molecule has 4 heteroatoms. The van der Waals surface area contributed by atoms with Gasteiger partial charge < -0.3 is 15.0 Å². The minimum Gasteiger partial charge on any atom is -0.379 e. The fraction of sp³-hybridized carbons (Fsp3) is 0.917. The Morgan fingerprint density at radius 1 is 1.50 bits per heavy atom. The van der Waals surface area contributed by atoms with Crippen LogP contribution in [0.3, 0.4) is 0 Å². The van der Waals surface area contributed by atoms with Crippen molar-refractivity contribution in [1.29, 1.82) is 0 Å². The van der Waals surface area contributed by atoms with Gasteiger partial charge in [-0.25, -0.2) is 0 Å². The first-order chi connectivity index (χ1) is 7.67. The molecule has 0 bridgehead atoms. The summed E-state index contributed by atoms with van der Waals surface area (Å²) < 4.78 is 5.54. The molecule has 16 heavy (non-hydrogen) atoms. The van der Waals surface area contributed by atoms with E-state index in [1.54, 1.807) is 0 Å². The monoisotopic (exact) mass is 226 g/mol. The molecule has 1 amide bonds. The van der Waals surface area contributed by atoms with Crippen molar-refractivity contribution in [3.63, 3.8) is 0 Å². The Balaban J connectivity index is 2.09. The molecule has 0 radical (unpaired) electrons. The van der Waals surface area contributed by atoms with Gasteiger partial charge in [-0.2, -0.15) is 0 Å². The van der Waals surface area contributed by atoms with Gasteiger partial charge in [0.1, 0.15) is 0 Å². The summed E-state index contributed by atoms with van der Waals surface area (Å²) in [6, 6.07) is 0.00695. The van der Waals surface area contributed by atoms with E-state index in [-0.39, 0.29) is 17.5 Å². The van der Waals surface area contributed by atoms with Crippen LogP contribution in [0.2, 0.25) is 0 Å². The molecule has 0 spiro atoms. The average Bonchev–Trinajstić information content (AvgIpc) is 2.30. The van der Waals surface area contributed by atoms with E-state index in [4.69, 9.17) is 4.74 Å². The molecule has 1 N–H and O–H groups in total. The fourth-order valence-electron chi connectivity index (χ4n) is 2.81. The van der Waals surface area contributed by atoms with Crippen molar-refractivity contribution in [2.75, 3.05) is 26.8 Å². The Labute approximate surface area is 97.3 Å². The first-order valence-corrected chi connectivity index (χ1v) is 6.24. The highest BCUT2D eigenvalue weighted by molar-refractivity contribution is 5.83. The quantitative estimate of drug-likeness (QED) is 0.756. The predicted octanol–water partition coefficient (Wildman–Crippen LogP) is 0.766. The molecular weight excluding hydrogens is 204 g/mol. The third kappa shape index (κ3) is 2.09. The molecule has 4 nitrogen and oxygen atoms in total. The highest BCUT2D eigenvalue weighted by atomic mass is 16.5. The molecule has 0 aromatic heterocycles. The highest BCUT2D eigenvalue weighted by Crippen LogP contribution is 2.29. The first kappa shape index (κ1) is 11.9. The van der Waals surface area contributed by atoms with E-state index in [1.807, 2.05) is 11.9 Å². The number of carbonyl (C=O) groups is 1. The van der Waals surface area contributed by atoms with Crippen LogP contribution in [-0.4, -0.2) is 49.2 Å². The molecule has 2 rings (SSSR count). The van der Waals surface area contributed by atoms with Crippen LogP contribution in [0.15, 0.2) is 0 Å². The second kappa shape index (κ2) is 4.72. The first-order valence-electron chi connectivity index (χ1n) is 6.24. The zero-order chi connectivity index (χ0) is 11.6. The largest absolute Gasteiger partial charge is 0.379 e. The number of hydrogen-bond donors (Lipinski definition) is 1. The number of likely N-dealkylation sites (tertiary alicyclic amines) is 1. The molecule has 2 unspecified atom stereocenters. The van der Waals surface area contributed by atoms with Gasteiger partial charge in [-0.05, 0) is 39.7 Å². The number of amides is 1. The number of nitrogens with zero attached hydrogens (tertiary/aromatic N) is 1. The van der Waals surface area contributed by atoms with E-state index in [0.717, 1.165) is 38.8 Å². The average molecular weight is 226 g/mol. The van der Waals surface area contributed by atoms with Crippen molar-refractivity contribution < 1.29 is 9.53 Å². The summed E-state index contributed by atoms with van der Waals surface area (Å²) in [5.74, 6) is 0.252. The van der Waals surface area contributed by atoms with Gasteiger partial charge >= 0.3 is 0 Å². The number of likely N-dealkylation sites (N-methyl/N-ethyl adjacent to an activating group) is 1. The summed E-state index contributed by atoms with van der Waals surface area (Å²) in [5.41, 5.74) is -0.0785. The van der Waals surface area contributed by atoms with Gasteiger partial charge in [-0.15, -0.1) is 0 Å². The van der Waals surface area contributed by atoms with Crippen LogP contribution in [0.1, 0.15) is 32.6 Å². The predicted molar refractivity (Wildman–Crippen MR) is 62.3 cm³/mol. The maximum absolute atomic E-state index is 12.3. The van der Waals surface area contributed by atoms with Gasteiger partial charge in [0.2, 0.25) is 5.91 Å². The molecule has 0 aromatic carbocycles. The zero-order valence-electron chi connectivity index (χ0n) is 10.3. The van der Waals surface area contributed by atoms with E-state index in [2.05, 4.69) is 12.2 Å². The zero-order valence-corrected chi connectivity index (χ0v) is 10.3. The highest BCUT2D eigenvalue weighted by Gasteiger charge is 2.40. The SMILES string of the molecule is CNC1CCCN(C2(C)CCCOC2)C1=O. The molecule has 0 aromatic rings. The van der Waals surface area contributed by atoms with Crippen LogP contribution >= 0.6 is 0 Å². The smallest absolute Gasteiger partial charge is 0.240 e. The molecule has 92 valence electrons. The van der Waals surface area contributed by atoms with Crippen LogP contribution in [0.4, 0.5) is 0 Å². The topological polar surface area (TPSA) is 41.6 Å².